The summed E-state index contributed by atoms with van der Waals surface area (Å²) < 4.78 is 46.9. The second-order valence-electron chi connectivity index (χ2n) is 6.89. The van der Waals surface area contributed by atoms with Gasteiger partial charge in [-0.1, -0.05) is 53.6 Å². The maximum atomic E-state index is 13.7. The van der Waals surface area contributed by atoms with E-state index in [2.05, 4.69) is 10.1 Å². The van der Waals surface area contributed by atoms with Gasteiger partial charge in [0.2, 0.25) is 0 Å². The molecule has 31 heavy (non-hydrogen) atoms. The minimum Gasteiger partial charge on any atom is -0.457 e. The molecule has 0 aliphatic carbocycles. The molecule has 4 rings (SSSR count). The Hall–Kier alpha value is -3.39. The molecule has 0 atom stereocenters. The molecule has 0 radical (unpaired) electrons. The van der Waals surface area contributed by atoms with Crippen molar-refractivity contribution in [2.24, 2.45) is 0 Å². The summed E-state index contributed by atoms with van der Waals surface area (Å²) in [5, 5.41) is 4.27. The second-order valence-corrected chi connectivity index (χ2v) is 7.32. The van der Waals surface area contributed by atoms with Crippen LogP contribution in [0, 0.1) is 6.92 Å². The van der Waals surface area contributed by atoms with Crippen LogP contribution in [0.4, 0.5) is 13.2 Å². The molecule has 0 saturated carbocycles. The van der Waals surface area contributed by atoms with Crippen LogP contribution in [0.15, 0.2) is 60.8 Å². The Labute approximate surface area is 180 Å². The molecule has 0 saturated heterocycles. The summed E-state index contributed by atoms with van der Waals surface area (Å²) in [5.41, 5.74) is 0.771. The Balaban J connectivity index is 1.74. The molecular weight excluding hydrogens is 431 g/mol. The van der Waals surface area contributed by atoms with Gasteiger partial charge in [-0.25, -0.2) is 14.3 Å². The van der Waals surface area contributed by atoms with Gasteiger partial charge in [0.25, 0.3) is 0 Å². The second kappa shape index (κ2) is 8.03. The lowest BCUT2D eigenvalue weighted by atomic mass is 10.1. The number of ether oxygens (including phenoxy) is 1. The van der Waals surface area contributed by atoms with Gasteiger partial charge in [0.15, 0.2) is 11.3 Å². The van der Waals surface area contributed by atoms with E-state index in [1.54, 1.807) is 48.5 Å². The number of esters is 1. The van der Waals surface area contributed by atoms with Crippen LogP contribution in [0.2, 0.25) is 5.02 Å². The predicted molar refractivity (Wildman–Crippen MR) is 109 cm³/mol. The van der Waals surface area contributed by atoms with Crippen LogP contribution in [0.3, 0.4) is 0 Å². The highest BCUT2D eigenvalue weighted by Crippen LogP contribution is 2.33. The van der Waals surface area contributed by atoms with Crippen molar-refractivity contribution in [1.82, 2.24) is 14.6 Å². The summed E-state index contributed by atoms with van der Waals surface area (Å²) in [4.78, 5) is 16.9. The van der Waals surface area contributed by atoms with Gasteiger partial charge in [-0.15, -0.1) is 0 Å². The first kappa shape index (κ1) is 20.9. The monoisotopic (exact) mass is 445 g/mol. The number of fused-ring (bicyclic) bond motifs is 1. The highest BCUT2D eigenvalue weighted by molar-refractivity contribution is 6.30. The summed E-state index contributed by atoms with van der Waals surface area (Å²) in [6.45, 7) is 1.80. The van der Waals surface area contributed by atoms with E-state index in [4.69, 9.17) is 16.3 Å². The van der Waals surface area contributed by atoms with Crippen molar-refractivity contribution in [3.8, 4) is 11.3 Å². The molecule has 0 aliphatic rings. The topological polar surface area (TPSA) is 56.5 Å². The smallest absolute Gasteiger partial charge is 0.433 e. The molecule has 2 aromatic carbocycles. The molecule has 0 spiro atoms. The molecule has 2 heterocycles. The normalized spacial score (nSPS) is 11.6. The first-order chi connectivity index (χ1) is 14.7. The van der Waals surface area contributed by atoms with Gasteiger partial charge in [0, 0.05) is 10.6 Å². The van der Waals surface area contributed by atoms with Gasteiger partial charge in [-0.2, -0.15) is 18.3 Å². The first-order valence-electron chi connectivity index (χ1n) is 9.17. The molecule has 9 heteroatoms. The largest absolute Gasteiger partial charge is 0.457 e. The lowest BCUT2D eigenvalue weighted by Gasteiger charge is -2.12. The third-order valence-electron chi connectivity index (χ3n) is 4.61. The number of halogens is 4. The number of nitrogens with zero attached hydrogens (tertiary/aromatic N) is 3. The number of carbonyl (C=O) groups is 1. The predicted octanol–water partition coefficient (Wildman–Crippen LogP) is 5.73. The van der Waals surface area contributed by atoms with Crippen molar-refractivity contribution >= 4 is 23.2 Å². The number of rotatable bonds is 4. The summed E-state index contributed by atoms with van der Waals surface area (Å²) in [6.07, 6.45) is -3.67. The van der Waals surface area contributed by atoms with Crippen LogP contribution in [0.5, 0.6) is 0 Å². The maximum absolute atomic E-state index is 13.7. The number of carbonyl (C=O) groups excluding carboxylic acids is 1. The SMILES string of the molecule is Cc1ccc(-c2cc(C(F)(F)F)n3ncc(C(=O)OCc4ccc(Cl)cc4)c3n2)cc1. The van der Waals surface area contributed by atoms with E-state index in [0.717, 1.165) is 17.8 Å². The zero-order chi connectivity index (χ0) is 22.2. The third-order valence-corrected chi connectivity index (χ3v) is 4.86. The van der Waals surface area contributed by atoms with Gasteiger partial charge in [-0.3, -0.25) is 0 Å². The summed E-state index contributed by atoms with van der Waals surface area (Å²) in [6, 6.07) is 14.4. The fourth-order valence-electron chi connectivity index (χ4n) is 2.99. The van der Waals surface area contributed by atoms with Gasteiger partial charge in [-0.05, 0) is 30.7 Å². The quantitative estimate of drug-likeness (QED) is 0.376. The lowest BCUT2D eigenvalue weighted by Crippen LogP contribution is -2.14. The van der Waals surface area contributed by atoms with Gasteiger partial charge in [0.05, 0.1) is 11.9 Å². The fraction of sp³-hybridized carbons (Fsp3) is 0.136. The molecule has 0 unspecified atom stereocenters. The van der Waals surface area contributed by atoms with E-state index in [1.165, 1.54) is 0 Å². The molecule has 4 aromatic rings. The molecule has 5 nitrogen and oxygen atoms in total. The van der Waals surface area contributed by atoms with E-state index in [0.29, 0.717) is 20.7 Å². The van der Waals surface area contributed by atoms with Crippen LogP contribution in [0.1, 0.15) is 27.2 Å². The van der Waals surface area contributed by atoms with E-state index < -0.39 is 17.8 Å². The number of aryl methyl sites for hydroxylation is 1. The number of benzene rings is 2. The van der Waals surface area contributed by atoms with Gasteiger partial charge >= 0.3 is 12.1 Å². The lowest BCUT2D eigenvalue weighted by molar-refractivity contribution is -0.142. The molecular formula is C22H15ClF3N3O2. The van der Waals surface area contributed by atoms with Crippen LogP contribution in [-0.4, -0.2) is 20.6 Å². The van der Waals surface area contributed by atoms with Crippen molar-refractivity contribution in [2.75, 3.05) is 0 Å². The molecule has 158 valence electrons. The van der Waals surface area contributed by atoms with E-state index >= 15 is 0 Å². The van der Waals surface area contributed by atoms with Crippen molar-refractivity contribution in [3.05, 3.63) is 88.2 Å². The average Bonchev–Trinajstić information content (AvgIpc) is 3.16. The van der Waals surface area contributed by atoms with Crippen LogP contribution >= 0.6 is 11.6 Å². The van der Waals surface area contributed by atoms with Crippen molar-refractivity contribution in [2.45, 2.75) is 19.7 Å². The van der Waals surface area contributed by atoms with Crippen molar-refractivity contribution < 1.29 is 22.7 Å². The van der Waals surface area contributed by atoms with Crippen LogP contribution < -0.4 is 0 Å². The minimum atomic E-state index is -4.70. The zero-order valence-electron chi connectivity index (χ0n) is 16.2. The Morgan fingerprint density at radius 1 is 1.10 bits per heavy atom. The molecule has 0 aliphatic heterocycles. The van der Waals surface area contributed by atoms with Crippen LogP contribution in [-0.2, 0) is 17.5 Å². The number of hydrogen-bond acceptors (Lipinski definition) is 4. The molecule has 0 N–H and O–H groups in total. The van der Waals surface area contributed by atoms with Crippen molar-refractivity contribution in [3.63, 3.8) is 0 Å². The maximum Gasteiger partial charge on any atom is 0.433 e. The van der Waals surface area contributed by atoms with Gasteiger partial charge in [0.1, 0.15) is 12.2 Å². The first-order valence-corrected chi connectivity index (χ1v) is 9.55. The van der Waals surface area contributed by atoms with Gasteiger partial charge < -0.3 is 4.74 Å². The number of alkyl halides is 3. The zero-order valence-corrected chi connectivity index (χ0v) is 16.9. The number of aromatic nitrogens is 3. The molecule has 2 aromatic heterocycles. The summed E-state index contributed by atoms with van der Waals surface area (Å²) >= 11 is 5.83. The molecule has 0 amide bonds. The Kier molecular flexibility index (Phi) is 5.41. The number of hydrogen-bond donors (Lipinski definition) is 0. The summed E-state index contributed by atoms with van der Waals surface area (Å²) in [5.74, 6) is -0.827. The standard InChI is InChI=1S/C22H15ClF3N3O2/c1-13-2-6-15(7-3-13)18-10-19(22(24,25)26)29-20(28-18)17(11-27-29)21(30)31-12-14-4-8-16(23)9-5-14/h2-11H,12H2,1H3. The average molecular weight is 446 g/mol. The molecule has 0 fully saturated rings. The van der Waals surface area contributed by atoms with Crippen molar-refractivity contribution in [1.29, 1.82) is 0 Å². The fourth-order valence-corrected chi connectivity index (χ4v) is 3.11. The third kappa shape index (κ3) is 4.39. The Morgan fingerprint density at radius 2 is 1.77 bits per heavy atom. The highest BCUT2D eigenvalue weighted by atomic mass is 35.5. The van der Waals surface area contributed by atoms with Crippen LogP contribution in [0.25, 0.3) is 16.9 Å². The van der Waals surface area contributed by atoms with E-state index in [-0.39, 0.29) is 23.5 Å². The Bertz CT molecular complexity index is 1250. The summed E-state index contributed by atoms with van der Waals surface area (Å²) in [7, 11) is 0. The molecule has 0 bridgehead atoms. The highest BCUT2D eigenvalue weighted by Gasteiger charge is 2.36. The van der Waals surface area contributed by atoms with E-state index in [9.17, 15) is 18.0 Å². The van der Waals surface area contributed by atoms with E-state index in [1.807, 2.05) is 6.92 Å². The minimum absolute atomic E-state index is 0.0723. The Morgan fingerprint density at radius 3 is 2.42 bits per heavy atom.